The van der Waals surface area contributed by atoms with Crippen LogP contribution in [0.4, 0.5) is 0 Å². The first-order chi connectivity index (χ1) is 8.53. The Labute approximate surface area is 108 Å². The molecule has 1 saturated heterocycles. The molecule has 0 unspecified atom stereocenters. The van der Waals surface area contributed by atoms with Crippen molar-refractivity contribution in [3.05, 3.63) is 11.1 Å². The van der Waals surface area contributed by atoms with Crippen molar-refractivity contribution in [2.24, 2.45) is 0 Å². The Kier molecular flexibility index (Phi) is 3.73. The molecule has 0 bridgehead atoms. The first kappa shape index (κ1) is 13.1. The standard InChI is InChI=1S/C14H21NO3/c1-10(9-18-11(2)16)12-5-3-7-14(12)8-4-6-13(17)15-14/h3-9H2,1-2H3,(H,15,17)/b12-10+/t14-/m1/s1. The predicted molar refractivity (Wildman–Crippen MR) is 67.9 cm³/mol. The molecule has 2 rings (SSSR count). The lowest BCUT2D eigenvalue weighted by molar-refractivity contribution is -0.140. The molecule has 2 aliphatic rings. The average molecular weight is 251 g/mol. The van der Waals surface area contributed by atoms with Crippen LogP contribution in [0.2, 0.25) is 0 Å². The summed E-state index contributed by atoms with van der Waals surface area (Å²) in [7, 11) is 0. The van der Waals surface area contributed by atoms with Gasteiger partial charge in [0.1, 0.15) is 6.61 Å². The highest BCUT2D eigenvalue weighted by atomic mass is 16.5. The summed E-state index contributed by atoms with van der Waals surface area (Å²) < 4.78 is 5.07. The van der Waals surface area contributed by atoms with Crippen molar-refractivity contribution < 1.29 is 14.3 Å². The van der Waals surface area contributed by atoms with E-state index < -0.39 is 0 Å². The maximum atomic E-state index is 11.6. The van der Waals surface area contributed by atoms with E-state index in [9.17, 15) is 9.59 Å². The number of amides is 1. The van der Waals surface area contributed by atoms with E-state index in [-0.39, 0.29) is 17.4 Å². The van der Waals surface area contributed by atoms with Crippen LogP contribution in [-0.4, -0.2) is 24.0 Å². The van der Waals surface area contributed by atoms with Crippen LogP contribution in [0.3, 0.4) is 0 Å². The highest BCUT2D eigenvalue weighted by molar-refractivity contribution is 5.78. The lowest BCUT2D eigenvalue weighted by Crippen LogP contribution is -2.51. The van der Waals surface area contributed by atoms with Crippen LogP contribution in [0, 0.1) is 0 Å². The third kappa shape index (κ3) is 2.57. The Morgan fingerprint density at radius 3 is 2.56 bits per heavy atom. The molecule has 2 fully saturated rings. The summed E-state index contributed by atoms with van der Waals surface area (Å²) in [6, 6.07) is 0. The summed E-state index contributed by atoms with van der Waals surface area (Å²) in [5.41, 5.74) is 2.25. The van der Waals surface area contributed by atoms with E-state index in [1.165, 1.54) is 12.5 Å². The number of piperidine rings is 1. The van der Waals surface area contributed by atoms with Crippen LogP contribution in [0.1, 0.15) is 52.4 Å². The molecule has 1 atom stereocenters. The van der Waals surface area contributed by atoms with Crippen LogP contribution < -0.4 is 5.32 Å². The zero-order valence-corrected chi connectivity index (χ0v) is 11.2. The highest BCUT2D eigenvalue weighted by Crippen LogP contribution is 2.42. The molecule has 1 spiro atoms. The molecule has 1 saturated carbocycles. The van der Waals surface area contributed by atoms with Gasteiger partial charge < -0.3 is 10.1 Å². The lowest BCUT2D eigenvalue weighted by atomic mass is 9.82. The minimum Gasteiger partial charge on any atom is -0.461 e. The molecule has 1 heterocycles. The topological polar surface area (TPSA) is 55.4 Å². The zero-order chi connectivity index (χ0) is 13.2. The van der Waals surface area contributed by atoms with Gasteiger partial charge in [-0.3, -0.25) is 9.59 Å². The fraction of sp³-hybridized carbons (Fsp3) is 0.714. The summed E-state index contributed by atoms with van der Waals surface area (Å²) in [5.74, 6) is -0.101. The largest absolute Gasteiger partial charge is 0.461 e. The van der Waals surface area contributed by atoms with Gasteiger partial charge in [0, 0.05) is 13.3 Å². The normalized spacial score (nSPS) is 30.2. The third-order valence-electron chi connectivity index (χ3n) is 4.00. The van der Waals surface area contributed by atoms with Crippen molar-refractivity contribution in [3.8, 4) is 0 Å². The minimum atomic E-state index is -0.255. The van der Waals surface area contributed by atoms with Crippen molar-refractivity contribution in [1.29, 1.82) is 0 Å². The number of nitrogens with one attached hydrogen (secondary N) is 1. The molecule has 100 valence electrons. The van der Waals surface area contributed by atoms with Gasteiger partial charge in [0.2, 0.25) is 5.91 Å². The first-order valence-electron chi connectivity index (χ1n) is 6.67. The van der Waals surface area contributed by atoms with Crippen molar-refractivity contribution in [3.63, 3.8) is 0 Å². The van der Waals surface area contributed by atoms with E-state index in [0.29, 0.717) is 13.0 Å². The Morgan fingerprint density at radius 1 is 1.28 bits per heavy atom. The molecule has 0 aromatic rings. The van der Waals surface area contributed by atoms with Gasteiger partial charge in [-0.05, 0) is 50.2 Å². The summed E-state index contributed by atoms with van der Waals surface area (Å²) in [6.07, 6.45) is 5.74. The van der Waals surface area contributed by atoms with Crippen LogP contribution >= 0.6 is 0 Å². The van der Waals surface area contributed by atoms with E-state index in [0.717, 1.165) is 37.7 Å². The van der Waals surface area contributed by atoms with Crippen molar-refractivity contribution in [2.45, 2.75) is 57.9 Å². The molecule has 1 aliphatic heterocycles. The molecule has 0 aromatic heterocycles. The van der Waals surface area contributed by atoms with Crippen molar-refractivity contribution >= 4 is 11.9 Å². The number of carbonyl (C=O) groups excluding carboxylic acids is 2. The van der Waals surface area contributed by atoms with E-state index >= 15 is 0 Å². The Hall–Kier alpha value is -1.32. The van der Waals surface area contributed by atoms with Crippen LogP contribution in [0.25, 0.3) is 0 Å². The molecule has 1 N–H and O–H groups in total. The number of rotatable bonds is 2. The summed E-state index contributed by atoms with van der Waals surface area (Å²) in [6.45, 7) is 3.78. The predicted octanol–water partition coefficient (Wildman–Crippen LogP) is 2.09. The molecule has 4 nitrogen and oxygen atoms in total. The maximum Gasteiger partial charge on any atom is 0.302 e. The van der Waals surface area contributed by atoms with Crippen LogP contribution in [-0.2, 0) is 14.3 Å². The van der Waals surface area contributed by atoms with Gasteiger partial charge in [-0.2, -0.15) is 0 Å². The van der Waals surface area contributed by atoms with Crippen molar-refractivity contribution in [1.82, 2.24) is 5.32 Å². The SMILES string of the molecule is CC(=O)OC/C(C)=C1\CCC[C@@]12CCCC(=O)N2. The summed E-state index contributed by atoms with van der Waals surface area (Å²) in [5, 5.41) is 3.17. The average Bonchev–Trinajstić information content (AvgIpc) is 2.69. The van der Waals surface area contributed by atoms with Gasteiger partial charge in [-0.15, -0.1) is 0 Å². The number of esters is 1. The Balaban J connectivity index is 2.17. The molecule has 1 amide bonds. The van der Waals surface area contributed by atoms with Gasteiger partial charge >= 0.3 is 5.97 Å². The number of hydrogen-bond donors (Lipinski definition) is 1. The van der Waals surface area contributed by atoms with Crippen LogP contribution in [0.5, 0.6) is 0 Å². The fourth-order valence-corrected chi connectivity index (χ4v) is 3.23. The van der Waals surface area contributed by atoms with E-state index in [4.69, 9.17) is 4.74 Å². The van der Waals surface area contributed by atoms with Gasteiger partial charge in [0.25, 0.3) is 0 Å². The molecular formula is C14H21NO3. The van der Waals surface area contributed by atoms with E-state index in [1.54, 1.807) is 0 Å². The zero-order valence-electron chi connectivity index (χ0n) is 11.2. The second-order valence-electron chi connectivity index (χ2n) is 5.38. The molecule has 18 heavy (non-hydrogen) atoms. The third-order valence-corrected chi connectivity index (χ3v) is 4.00. The van der Waals surface area contributed by atoms with Gasteiger partial charge in [-0.25, -0.2) is 0 Å². The number of hydrogen-bond acceptors (Lipinski definition) is 3. The maximum absolute atomic E-state index is 11.6. The molecule has 4 heteroatoms. The smallest absolute Gasteiger partial charge is 0.302 e. The number of carbonyl (C=O) groups is 2. The van der Waals surface area contributed by atoms with Gasteiger partial charge in [0.15, 0.2) is 0 Å². The molecular weight excluding hydrogens is 230 g/mol. The molecule has 0 aromatic carbocycles. The van der Waals surface area contributed by atoms with E-state index in [1.807, 2.05) is 6.92 Å². The Bertz CT molecular complexity index is 400. The second kappa shape index (κ2) is 5.12. The van der Waals surface area contributed by atoms with E-state index in [2.05, 4.69) is 5.32 Å². The molecule has 1 aliphatic carbocycles. The van der Waals surface area contributed by atoms with Crippen LogP contribution in [0.15, 0.2) is 11.1 Å². The molecule has 0 radical (unpaired) electrons. The summed E-state index contributed by atoms with van der Waals surface area (Å²) >= 11 is 0. The highest BCUT2D eigenvalue weighted by Gasteiger charge is 2.42. The minimum absolute atomic E-state index is 0.139. The number of ether oxygens (including phenoxy) is 1. The Morgan fingerprint density at radius 2 is 1.94 bits per heavy atom. The second-order valence-corrected chi connectivity index (χ2v) is 5.38. The lowest BCUT2D eigenvalue weighted by Gasteiger charge is -2.37. The summed E-state index contributed by atoms with van der Waals surface area (Å²) in [4.78, 5) is 22.5. The monoisotopic (exact) mass is 251 g/mol. The first-order valence-corrected chi connectivity index (χ1v) is 6.67. The van der Waals surface area contributed by atoms with Gasteiger partial charge in [0.05, 0.1) is 5.54 Å². The quantitative estimate of drug-likeness (QED) is 0.604. The van der Waals surface area contributed by atoms with Gasteiger partial charge in [-0.1, -0.05) is 0 Å². The van der Waals surface area contributed by atoms with Crippen molar-refractivity contribution in [2.75, 3.05) is 6.61 Å². The fourth-order valence-electron chi connectivity index (χ4n) is 3.23.